The van der Waals surface area contributed by atoms with Gasteiger partial charge in [0.2, 0.25) is 21.8 Å². The van der Waals surface area contributed by atoms with Crippen LogP contribution in [-0.4, -0.2) is 50.2 Å². The van der Waals surface area contributed by atoms with Crippen molar-refractivity contribution in [1.82, 2.24) is 9.62 Å². The van der Waals surface area contributed by atoms with Gasteiger partial charge in [0.1, 0.15) is 6.04 Å². The third-order valence-electron chi connectivity index (χ3n) is 6.41. The van der Waals surface area contributed by atoms with Crippen LogP contribution in [0.4, 0.5) is 5.69 Å². The van der Waals surface area contributed by atoms with Crippen molar-refractivity contribution < 1.29 is 18.0 Å². The van der Waals surface area contributed by atoms with Crippen LogP contribution in [0.3, 0.4) is 0 Å². The summed E-state index contributed by atoms with van der Waals surface area (Å²) in [4.78, 5) is 27.0. The van der Waals surface area contributed by atoms with E-state index in [0.717, 1.165) is 32.1 Å². The van der Waals surface area contributed by atoms with Gasteiger partial charge >= 0.3 is 0 Å². The number of hydrogen-bond donors (Lipinski definition) is 1. The second kappa shape index (κ2) is 10.1. The minimum absolute atomic E-state index is 0.213. The third kappa shape index (κ3) is 5.12. The Labute approximate surface area is 195 Å². The number of benzene rings is 2. The van der Waals surface area contributed by atoms with Gasteiger partial charge in [0.15, 0.2) is 0 Å². The molecule has 0 aliphatic carbocycles. The molecule has 1 unspecified atom stereocenters. The highest BCUT2D eigenvalue weighted by atomic mass is 32.2. The quantitative estimate of drug-likeness (QED) is 0.632. The topological polar surface area (TPSA) is 86.8 Å². The number of anilines is 1. The molecular weight excluding hydrogens is 438 g/mol. The average molecular weight is 470 g/mol. The minimum atomic E-state index is -3.57. The number of nitrogens with one attached hydrogen (secondary N) is 1. The Bertz CT molecular complexity index is 1110. The maximum Gasteiger partial charge on any atom is 0.243 e. The Morgan fingerprint density at radius 3 is 2.45 bits per heavy atom. The van der Waals surface area contributed by atoms with Gasteiger partial charge in [-0.15, -0.1) is 0 Å². The van der Waals surface area contributed by atoms with Gasteiger partial charge in [-0.2, -0.15) is 4.31 Å². The van der Waals surface area contributed by atoms with E-state index in [1.54, 1.807) is 18.2 Å². The van der Waals surface area contributed by atoms with Crippen LogP contribution in [0.5, 0.6) is 0 Å². The highest BCUT2D eigenvalue weighted by molar-refractivity contribution is 7.89. The van der Waals surface area contributed by atoms with E-state index >= 15 is 0 Å². The molecule has 1 saturated heterocycles. The molecule has 2 heterocycles. The molecule has 176 valence electrons. The first-order valence-corrected chi connectivity index (χ1v) is 13.1. The zero-order valence-corrected chi connectivity index (χ0v) is 19.8. The SMILES string of the molecule is CC(=O)N1c2ccc(S(=O)(=O)N3CCCCC3)cc2CC1C(=O)NCCCc1ccccc1. The maximum absolute atomic E-state index is 13.1. The first-order valence-electron chi connectivity index (χ1n) is 11.6. The molecule has 7 nitrogen and oxygen atoms in total. The number of sulfonamides is 1. The van der Waals surface area contributed by atoms with E-state index in [4.69, 9.17) is 0 Å². The molecule has 2 amide bonds. The van der Waals surface area contributed by atoms with Crippen LogP contribution in [-0.2, 0) is 32.5 Å². The van der Waals surface area contributed by atoms with Gasteiger partial charge in [0.05, 0.1) is 4.90 Å². The van der Waals surface area contributed by atoms with Gasteiger partial charge in [-0.1, -0.05) is 36.8 Å². The van der Waals surface area contributed by atoms with Crippen LogP contribution < -0.4 is 10.2 Å². The molecule has 4 rings (SSSR count). The molecule has 0 bridgehead atoms. The van der Waals surface area contributed by atoms with Gasteiger partial charge in [-0.3, -0.25) is 14.5 Å². The van der Waals surface area contributed by atoms with E-state index in [0.29, 0.717) is 37.3 Å². The summed E-state index contributed by atoms with van der Waals surface area (Å²) in [5, 5.41) is 2.95. The monoisotopic (exact) mass is 469 g/mol. The van der Waals surface area contributed by atoms with Gasteiger partial charge in [0, 0.05) is 38.7 Å². The van der Waals surface area contributed by atoms with E-state index < -0.39 is 16.1 Å². The number of hydrogen-bond acceptors (Lipinski definition) is 4. The molecule has 1 N–H and O–H groups in total. The van der Waals surface area contributed by atoms with Crippen LogP contribution in [0.1, 0.15) is 43.7 Å². The van der Waals surface area contributed by atoms with E-state index in [2.05, 4.69) is 17.4 Å². The lowest BCUT2D eigenvalue weighted by Crippen LogP contribution is -2.47. The Kier molecular flexibility index (Phi) is 7.14. The van der Waals surface area contributed by atoms with Crippen LogP contribution in [0, 0.1) is 0 Å². The summed E-state index contributed by atoms with van der Waals surface area (Å²) in [5.74, 6) is -0.445. The molecule has 2 aromatic carbocycles. The standard InChI is InChI=1S/C25H31N3O4S/c1-19(29)28-23-13-12-22(33(31,32)27-15-6-3-7-16-27)17-21(23)18-24(28)25(30)26-14-8-11-20-9-4-2-5-10-20/h2,4-5,9-10,12-13,17,24H,3,6-8,11,14-16,18H2,1H3,(H,26,30). The van der Waals surface area contributed by atoms with Crippen molar-refractivity contribution in [2.75, 3.05) is 24.5 Å². The smallest absolute Gasteiger partial charge is 0.243 e. The first-order chi connectivity index (χ1) is 15.9. The van der Waals surface area contributed by atoms with Gasteiger partial charge in [-0.25, -0.2) is 8.42 Å². The summed E-state index contributed by atoms with van der Waals surface area (Å²) >= 11 is 0. The highest BCUT2D eigenvalue weighted by Gasteiger charge is 2.38. The van der Waals surface area contributed by atoms with Crippen molar-refractivity contribution in [3.05, 3.63) is 59.7 Å². The third-order valence-corrected chi connectivity index (χ3v) is 8.31. The molecule has 0 radical (unpaired) electrons. The second-order valence-corrected chi connectivity index (χ2v) is 10.7. The van der Waals surface area contributed by atoms with E-state index in [1.165, 1.54) is 21.7 Å². The molecular formula is C25H31N3O4S. The fourth-order valence-electron chi connectivity index (χ4n) is 4.71. The number of fused-ring (bicyclic) bond motifs is 1. The molecule has 0 saturated carbocycles. The molecule has 1 fully saturated rings. The predicted octanol–water partition coefficient (Wildman–Crippen LogP) is 2.89. The maximum atomic E-state index is 13.1. The van der Waals surface area contributed by atoms with Crippen molar-refractivity contribution in [1.29, 1.82) is 0 Å². The summed E-state index contributed by atoms with van der Waals surface area (Å²) in [7, 11) is -3.57. The van der Waals surface area contributed by atoms with Gasteiger partial charge in [0.25, 0.3) is 0 Å². The zero-order chi connectivity index (χ0) is 23.4. The number of aryl methyl sites for hydroxylation is 1. The minimum Gasteiger partial charge on any atom is -0.354 e. The van der Waals surface area contributed by atoms with Crippen molar-refractivity contribution in [2.45, 2.75) is 56.4 Å². The Hall–Kier alpha value is -2.71. The molecule has 33 heavy (non-hydrogen) atoms. The molecule has 2 aliphatic rings. The highest BCUT2D eigenvalue weighted by Crippen LogP contribution is 2.35. The summed E-state index contributed by atoms with van der Waals surface area (Å²) in [5.41, 5.74) is 2.55. The molecule has 8 heteroatoms. The first kappa shape index (κ1) is 23.4. The molecule has 2 aliphatic heterocycles. The van der Waals surface area contributed by atoms with Crippen LogP contribution in [0.15, 0.2) is 53.4 Å². The summed E-state index contributed by atoms with van der Waals surface area (Å²) < 4.78 is 27.7. The van der Waals surface area contributed by atoms with Crippen molar-refractivity contribution in [3.8, 4) is 0 Å². The van der Waals surface area contributed by atoms with E-state index in [1.807, 2.05) is 18.2 Å². The number of rotatable bonds is 7. The summed E-state index contributed by atoms with van der Waals surface area (Å²) in [6.45, 7) is 3.02. The van der Waals surface area contributed by atoms with E-state index in [-0.39, 0.29) is 16.7 Å². The predicted molar refractivity (Wildman–Crippen MR) is 127 cm³/mol. The lowest BCUT2D eigenvalue weighted by Gasteiger charge is -2.26. The molecule has 0 aromatic heterocycles. The lowest BCUT2D eigenvalue weighted by atomic mass is 10.1. The van der Waals surface area contributed by atoms with Crippen molar-refractivity contribution >= 4 is 27.5 Å². The second-order valence-electron chi connectivity index (χ2n) is 8.74. The fraction of sp³-hybridized carbons (Fsp3) is 0.440. The van der Waals surface area contributed by atoms with E-state index in [9.17, 15) is 18.0 Å². The summed E-state index contributed by atoms with van der Waals surface area (Å²) in [6, 6.07) is 14.3. The zero-order valence-electron chi connectivity index (χ0n) is 19.0. The van der Waals surface area contributed by atoms with Crippen LogP contribution in [0.2, 0.25) is 0 Å². The van der Waals surface area contributed by atoms with Crippen molar-refractivity contribution in [3.63, 3.8) is 0 Å². The molecule has 2 aromatic rings. The Morgan fingerprint density at radius 2 is 1.76 bits per heavy atom. The number of carbonyl (C=O) groups is 2. The normalized spacial score (nSPS) is 18.7. The Morgan fingerprint density at radius 1 is 1.03 bits per heavy atom. The molecule has 0 spiro atoms. The lowest BCUT2D eigenvalue weighted by molar-refractivity contribution is -0.125. The van der Waals surface area contributed by atoms with Gasteiger partial charge in [-0.05, 0) is 55.0 Å². The van der Waals surface area contributed by atoms with Crippen LogP contribution in [0.25, 0.3) is 0 Å². The van der Waals surface area contributed by atoms with Gasteiger partial charge < -0.3 is 5.32 Å². The number of piperidine rings is 1. The Balaban J connectivity index is 1.44. The number of amides is 2. The average Bonchev–Trinajstić information content (AvgIpc) is 3.22. The fourth-order valence-corrected chi connectivity index (χ4v) is 6.28. The largest absolute Gasteiger partial charge is 0.354 e. The van der Waals surface area contributed by atoms with Crippen molar-refractivity contribution in [2.24, 2.45) is 0 Å². The van der Waals surface area contributed by atoms with Crippen LogP contribution >= 0.6 is 0 Å². The summed E-state index contributed by atoms with van der Waals surface area (Å²) in [6.07, 6.45) is 4.76. The molecule has 1 atom stereocenters. The number of nitrogens with zero attached hydrogens (tertiary/aromatic N) is 2. The number of carbonyl (C=O) groups excluding carboxylic acids is 2.